The van der Waals surface area contributed by atoms with Gasteiger partial charge in [-0.25, -0.2) is 8.42 Å². The lowest BCUT2D eigenvalue weighted by Gasteiger charge is -2.02. The number of rotatable bonds is 4. The molecule has 13 heavy (non-hydrogen) atoms. The summed E-state index contributed by atoms with van der Waals surface area (Å²) >= 11 is 0. The minimum atomic E-state index is -2.47. The van der Waals surface area contributed by atoms with Crippen molar-refractivity contribution in [2.24, 2.45) is 5.73 Å². The van der Waals surface area contributed by atoms with Crippen LogP contribution >= 0.6 is 0 Å². The maximum absolute atomic E-state index is 10.8. The Hall–Kier alpha value is -0.870. The van der Waals surface area contributed by atoms with Crippen molar-refractivity contribution in [2.75, 3.05) is 6.54 Å². The number of nitrogens with two attached hydrogens (primary N) is 1. The number of aryl methyl sites for hydroxylation is 1. The van der Waals surface area contributed by atoms with Gasteiger partial charge in [-0.2, -0.15) is 0 Å². The summed E-state index contributed by atoms with van der Waals surface area (Å²) in [4.78, 5) is 0.422. The van der Waals surface area contributed by atoms with Gasteiger partial charge in [-0.1, -0.05) is 18.2 Å². The molecule has 72 valence electrons. The van der Waals surface area contributed by atoms with E-state index in [9.17, 15) is 8.42 Å². The fourth-order valence-electron chi connectivity index (χ4n) is 1.19. The van der Waals surface area contributed by atoms with E-state index in [0.29, 0.717) is 11.4 Å². The smallest absolute Gasteiger partial charge is 0.168 e. The van der Waals surface area contributed by atoms with Crippen LogP contribution in [0.4, 0.5) is 0 Å². The van der Waals surface area contributed by atoms with Gasteiger partial charge in [0.05, 0.1) is 4.90 Å². The van der Waals surface area contributed by atoms with Crippen molar-refractivity contribution in [2.45, 2.75) is 17.7 Å². The van der Waals surface area contributed by atoms with Crippen molar-refractivity contribution in [3.05, 3.63) is 29.8 Å². The van der Waals surface area contributed by atoms with E-state index in [1.807, 2.05) is 12.1 Å². The zero-order chi connectivity index (χ0) is 9.68. The van der Waals surface area contributed by atoms with Gasteiger partial charge < -0.3 is 5.73 Å². The molecule has 1 aromatic carbocycles. The predicted octanol–water partition coefficient (Wildman–Crippen LogP) is 0.548. The lowest BCUT2D eigenvalue weighted by molar-refractivity contribution is 0.613. The average molecular weight is 199 g/mol. The lowest BCUT2D eigenvalue weighted by Crippen LogP contribution is -2.01. The minimum Gasteiger partial charge on any atom is -0.330 e. The zero-order valence-corrected chi connectivity index (χ0v) is 8.17. The third-order valence-electron chi connectivity index (χ3n) is 1.84. The molecule has 1 rings (SSSR count). The van der Waals surface area contributed by atoms with Crippen LogP contribution in [0.1, 0.15) is 12.0 Å². The Bertz CT molecular complexity index is 339. The maximum Gasteiger partial charge on any atom is 0.168 e. The molecule has 0 atom stereocenters. The molecule has 1 aromatic rings. The van der Waals surface area contributed by atoms with Crippen molar-refractivity contribution in [1.29, 1.82) is 0 Å². The molecule has 0 aliphatic heterocycles. The summed E-state index contributed by atoms with van der Waals surface area (Å²) in [6, 6.07) is 7.02. The van der Waals surface area contributed by atoms with E-state index >= 15 is 0 Å². The molecule has 0 saturated carbocycles. The predicted molar refractivity (Wildman–Crippen MR) is 52.4 cm³/mol. The minimum absolute atomic E-state index is 0.422. The lowest BCUT2D eigenvalue weighted by atomic mass is 10.1. The van der Waals surface area contributed by atoms with E-state index in [4.69, 9.17) is 5.73 Å². The van der Waals surface area contributed by atoms with Crippen LogP contribution in [0.2, 0.25) is 0 Å². The maximum atomic E-state index is 10.8. The molecule has 0 aliphatic carbocycles. The molecule has 0 aromatic heterocycles. The Morgan fingerprint density at radius 3 is 2.54 bits per heavy atom. The van der Waals surface area contributed by atoms with Crippen LogP contribution in [0.25, 0.3) is 0 Å². The summed E-state index contributed by atoms with van der Waals surface area (Å²) in [5, 5.41) is 0. The average Bonchev–Trinajstić information content (AvgIpc) is 2.15. The first kappa shape index (κ1) is 10.2. The largest absolute Gasteiger partial charge is 0.330 e. The molecule has 0 bridgehead atoms. The van der Waals surface area contributed by atoms with Crippen molar-refractivity contribution in [3.63, 3.8) is 0 Å². The highest BCUT2D eigenvalue weighted by molar-refractivity contribution is 7.72. The van der Waals surface area contributed by atoms with Gasteiger partial charge >= 0.3 is 0 Å². The Kier molecular flexibility index (Phi) is 3.92. The van der Waals surface area contributed by atoms with E-state index in [1.54, 1.807) is 12.1 Å². The molecule has 0 unspecified atom stereocenters. The second-order valence-corrected chi connectivity index (χ2v) is 3.77. The molecule has 0 saturated heterocycles. The quantitative estimate of drug-likeness (QED) is 0.696. The van der Waals surface area contributed by atoms with E-state index in [1.165, 1.54) is 0 Å². The molecule has 0 amide bonds. The summed E-state index contributed by atoms with van der Waals surface area (Å²) in [5.74, 6) is 0. The molecule has 0 aliphatic rings. The standard InChI is InChI=1S/C9H13NO2S/c10-7-3-5-8-4-1-2-6-9(8)13(11)12/h1-2,4,6,13H,3,5,7,10H2. The summed E-state index contributed by atoms with van der Waals surface area (Å²) < 4.78 is 21.6. The third-order valence-corrected chi connectivity index (χ3v) is 2.67. The first-order valence-electron chi connectivity index (χ1n) is 4.18. The fraction of sp³-hybridized carbons (Fsp3) is 0.333. The van der Waals surface area contributed by atoms with Gasteiger partial charge in [-0.15, -0.1) is 0 Å². The molecular weight excluding hydrogens is 186 g/mol. The van der Waals surface area contributed by atoms with Crippen LogP contribution in [0.3, 0.4) is 0 Å². The summed E-state index contributed by atoms with van der Waals surface area (Å²) in [7, 11) is -2.47. The zero-order valence-electron chi connectivity index (χ0n) is 7.27. The molecular formula is C9H13NO2S. The second kappa shape index (κ2) is 4.99. The Labute approximate surface area is 79.5 Å². The highest BCUT2D eigenvalue weighted by Gasteiger charge is 2.02. The SMILES string of the molecule is NCCCc1ccccc1[SH](=O)=O. The summed E-state index contributed by atoms with van der Waals surface area (Å²) in [6.07, 6.45) is 1.55. The topological polar surface area (TPSA) is 60.2 Å². The molecule has 0 radical (unpaired) electrons. The van der Waals surface area contributed by atoms with Crippen LogP contribution in [0.15, 0.2) is 29.2 Å². The van der Waals surface area contributed by atoms with Crippen LogP contribution in [-0.4, -0.2) is 15.0 Å². The Morgan fingerprint density at radius 1 is 1.23 bits per heavy atom. The molecule has 3 nitrogen and oxygen atoms in total. The first-order chi connectivity index (χ1) is 6.25. The van der Waals surface area contributed by atoms with Crippen LogP contribution in [0, 0.1) is 0 Å². The number of hydrogen-bond donors (Lipinski definition) is 2. The van der Waals surface area contributed by atoms with Gasteiger partial charge in [-0.05, 0) is 31.0 Å². The van der Waals surface area contributed by atoms with Crippen LogP contribution in [-0.2, 0) is 17.1 Å². The molecule has 0 spiro atoms. The Balaban J connectivity index is 2.91. The third kappa shape index (κ3) is 2.82. The van der Waals surface area contributed by atoms with Gasteiger partial charge in [0.25, 0.3) is 0 Å². The van der Waals surface area contributed by atoms with Crippen LogP contribution < -0.4 is 5.73 Å². The molecule has 0 heterocycles. The monoisotopic (exact) mass is 199 g/mol. The van der Waals surface area contributed by atoms with E-state index in [-0.39, 0.29) is 0 Å². The van der Waals surface area contributed by atoms with Crippen LogP contribution in [0.5, 0.6) is 0 Å². The highest BCUT2D eigenvalue weighted by Crippen LogP contribution is 2.11. The van der Waals surface area contributed by atoms with Crippen molar-refractivity contribution < 1.29 is 8.42 Å². The van der Waals surface area contributed by atoms with Crippen molar-refractivity contribution >= 4 is 10.7 Å². The van der Waals surface area contributed by atoms with Gasteiger partial charge in [0.15, 0.2) is 10.7 Å². The number of benzene rings is 1. The van der Waals surface area contributed by atoms with E-state index in [2.05, 4.69) is 0 Å². The summed E-state index contributed by atoms with van der Waals surface area (Å²) in [6.45, 7) is 0.587. The fourth-order valence-corrected chi connectivity index (χ4v) is 1.82. The molecule has 0 fully saturated rings. The van der Waals surface area contributed by atoms with Gasteiger partial charge in [0.1, 0.15) is 0 Å². The second-order valence-electron chi connectivity index (χ2n) is 2.78. The highest BCUT2D eigenvalue weighted by atomic mass is 32.2. The molecule has 4 heteroatoms. The van der Waals surface area contributed by atoms with E-state index in [0.717, 1.165) is 18.4 Å². The van der Waals surface area contributed by atoms with Gasteiger partial charge in [0, 0.05) is 0 Å². The first-order valence-corrected chi connectivity index (χ1v) is 5.36. The number of hydrogen-bond acceptors (Lipinski definition) is 3. The van der Waals surface area contributed by atoms with Gasteiger partial charge in [0.2, 0.25) is 0 Å². The molecule has 2 N–H and O–H groups in total. The Morgan fingerprint density at radius 2 is 1.92 bits per heavy atom. The van der Waals surface area contributed by atoms with E-state index < -0.39 is 10.7 Å². The van der Waals surface area contributed by atoms with Crippen molar-refractivity contribution in [1.82, 2.24) is 0 Å². The normalized spacial score (nSPS) is 10.6. The summed E-state index contributed by atoms with van der Waals surface area (Å²) in [5.41, 5.74) is 6.22. The van der Waals surface area contributed by atoms with Gasteiger partial charge in [-0.3, -0.25) is 0 Å². The van der Waals surface area contributed by atoms with Crippen molar-refractivity contribution in [3.8, 4) is 0 Å². The number of thiol groups is 1.